The van der Waals surface area contributed by atoms with Gasteiger partial charge < -0.3 is 4.43 Å². The molecule has 0 N–H and O–H groups in total. The van der Waals surface area contributed by atoms with E-state index in [0.29, 0.717) is 5.04 Å². The molecular weight excluding hydrogens is 188 g/mol. The lowest BCUT2D eigenvalue weighted by Crippen LogP contribution is -2.15. The molecule has 0 heterocycles. The summed E-state index contributed by atoms with van der Waals surface area (Å²) < 4.78 is 5.90. The molecule has 0 bridgehead atoms. The zero-order valence-corrected chi connectivity index (χ0v) is 11.2. The maximum Gasteiger partial charge on any atom is 0.224 e. The zero-order valence-electron chi connectivity index (χ0n) is 9.77. The van der Waals surface area contributed by atoms with Crippen LogP contribution in [0.2, 0.25) is 5.04 Å². The van der Waals surface area contributed by atoms with Gasteiger partial charge in [-0.05, 0) is 42.1 Å². The number of hydrogen-bond donors (Lipinski definition) is 0. The first-order chi connectivity index (χ1) is 6.40. The Balaban J connectivity index is 2.73. The summed E-state index contributed by atoms with van der Waals surface area (Å²) >= 11 is 0. The standard InChI is InChI=1S/C12H19OSi/c1-9-7-6-8-11(10(9)2)13-14-12(3,4)5/h6,8H,14H2,1-5H3. The highest BCUT2D eigenvalue weighted by Crippen LogP contribution is 2.25. The first kappa shape index (κ1) is 11.3. The molecule has 0 aliphatic carbocycles. The highest BCUT2D eigenvalue weighted by molar-refractivity contribution is 6.32. The van der Waals surface area contributed by atoms with Crippen LogP contribution in [0.1, 0.15) is 31.9 Å². The Morgan fingerprint density at radius 3 is 2.50 bits per heavy atom. The van der Waals surface area contributed by atoms with Gasteiger partial charge in [0.05, 0.1) is 0 Å². The molecule has 0 spiro atoms. The van der Waals surface area contributed by atoms with Gasteiger partial charge in [0.25, 0.3) is 0 Å². The summed E-state index contributed by atoms with van der Waals surface area (Å²) in [5, 5.41) is 0.347. The molecule has 0 aliphatic rings. The van der Waals surface area contributed by atoms with E-state index in [4.69, 9.17) is 4.43 Å². The van der Waals surface area contributed by atoms with Crippen molar-refractivity contribution in [2.45, 2.75) is 39.7 Å². The normalized spacial score (nSPS) is 12.4. The molecule has 0 saturated carbocycles. The molecule has 0 saturated heterocycles. The molecule has 0 unspecified atom stereocenters. The van der Waals surface area contributed by atoms with E-state index in [1.54, 1.807) is 0 Å². The summed E-state index contributed by atoms with van der Waals surface area (Å²) in [4.78, 5) is 0. The van der Waals surface area contributed by atoms with Crippen LogP contribution in [0.4, 0.5) is 0 Å². The van der Waals surface area contributed by atoms with Crippen molar-refractivity contribution in [2.75, 3.05) is 0 Å². The van der Waals surface area contributed by atoms with Crippen molar-refractivity contribution in [3.63, 3.8) is 0 Å². The quantitative estimate of drug-likeness (QED) is 0.678. The van der Waals surface area contributed by atoms with Crippen molar-refractivity contribution in [3.8, 4) is 5.75 Å². The molecule has 0 amide bonds. The van der Waals surface area contributed by atoms with Crippen LogP contribution >= 0.6 is 0 Å². The van der Waals surface area contributed by atoms with E-state index in [2.05, 4.69) is 40.7 Å². The Hall–Kier alpha value is -0.763. The summed E-state index contributed by atoms with van der Waals surface area (Å²) in [5.74, 6) is 1.04. The van der Waals surface area contributed by atoms with E-state index in [1.165, 1.54) is 11.1 Å². The summed E-state index contributed by atoms with van der Waals surface area (Å²) in [6.45, 7) is 10.9. The highest BCUT2D eigenvalue weighted by atomic mass is 28.2. The van der Waals surface area contributed by atoms with Crippen molar-refractivity contribution in [2.24, 2.45) is 0 Å². The second-order valence-corrected chi connectivity index (χ2v) is 7.64. The van der Waals surface area contributed by atoms with Crippen molar-refractivity contribution >= 4 is 9.76 Å². The van der Waals surface area contributed by atoms with E-state index in [-0.39, 0.29) is 0 Å². The van der Waals surface area contributed by atoms with Crippen LogP contribution in [0.15, 0.2) is 12.1 Å². The van der Waals surface area contributed by atoms with Crippen LogP contribution in [0.25, 0.3) is 0 Å². The molecule has 14 heavy (non-hydrogen) atoms. The molecule has 1 rings (SSSR count). The van der Waals surface area contributed by atoms with Gasteiger partial charge in [0.2, 0.25) is 9.76 Å². The minimum absolute atomic E-state index is 0.347. The molecular formula is C12H19OSi. The fraction of sp³-hybridized carbons (Fsp3) is 0.500. The second-order valence-electron chi connectivity index (χ2n) is 4.94. The number of hydrogen-bond acceptors (Lipinski definition) is 1. The lowest BCUT2D eigenvalue weighted by atomic mass is 10.1. The number of benzene rings is 1. The average molecular weight is 207 g/mol. The Bertz CT molecular complexity index is 313. The lowest BCUT2D eigenvalue weighted by molar-refractivity contribution is 0.540. The van der Waals surface area contributed by atoms with E-state index in [9.17, 15) is 0 Å². The van der Waals surface area contributed by atoms with Crippen molar-refractivity contribution < 1.29 is 4.43 Å². The minimum Gasteiger partial charge on any atom is -0.549 e. The fourth-order valence-corrected chi connectivity index (χ4v) is 2.01. The highest BCUT2D eigenvalue weighted by Gasteiger charge is 2.13. The van der Waals surface area contributed by atoms with Gasteiger partial charge in [-0.2, -0.15) is 0 Å². The van der Waals surface area contributed by atoms with E-state index >= 15 is 0 Å². The average Bonchev–Trinajstić information content (AvgIpc) is 2.06. The molecule has 1 nitrogen and oxygen atoms in total. The SMILES string of the molecule is Cc1[c]ccc(O[SiH2]C(C)(C)C)c1C. The van der Waals surface area contributed by atoms with Crippen LogP contribution in [-0.4, -0.2) is 9.76 Å². The van der Waals surface area contributed by atoms with Gasteiger partial charge >= 0.3 is 0 Å². The molecule has 2 heteroatoms. The van der Waals surface area contributed by atoms with Crippen LogP contribution in [0.5, 0.6) is 5.75 Å². The Morgan fingerprint density at radius 1 is 1.29 bits per heavy atom. The van der Waals surface area contributed by atoms with Crippen molar-refractivity contribution in [3.05, 3.63) is 29.3 Å². The fourth-order valence-electron chi connectivity index (χ4n) is 1.11. The minimum atomic E-state index is -0.500. The summed E-state index contributed by atoms with van der Waals surface area (Å²) in [7, 11) is -0.500. The maximum atomic E-state index is 5.90. The predicted molar refractivity (Wildman–Crippen MR) is 63.6 cm³/mol. The number of rotatable bonds is 2. The number of aryl methyl sites for hydroxylation is 1. The molecule has 0 aliphatic heterocycles. The second kappa shape index (κ2) is 4.18. The summed E-state index contributed by atoms with van der Waals surface area (Å²) in [6.07, 6.45) is 0. The van der Waals surface area contributed by atoms with Gasteiger partial charge in [0.1, 0.15) is 5.75 Å². The third-order valence-corrected chi connectivity index (χ3v) is 3.45. The molecule has 1 aromatic rings. The van der Waals surface area contributed by atoms with Gasteiger partial charge in [-0.15, -0.1) is 0 Å². The third kappa shape index (κ3) is 3.18. The largest absolute Gasteiger partial charge is 0.549 e. The van der Waals surface area contributed by atoms with Gasteiger partial charge in [-0.25, -0.2) is 0 Å². The molecule has 1 radical (unpaired) electrons. The van der Waals surface area contributed by atoms with E-state index in [1.807, 2.05) is 12.1 Å². The lowest BCUT2D eigenvalue weighted by Gasteiger charge is -2.19. The van der Waals surface area contributed by atoms with Crippen molar-refractivity contribution in [1.29, 1.82) is 0 Å². The zero-order chi connectivity index (χ0) is 10.8. The smallest absolute Gasteiger partial charge is 0.224 e. The van der Waals surface area contributed by atoms with Gasteiger partial charge in [0.15, 0.2) is 0 Å². The molecule has 77 valence electrons. The van der Waals surface area contributed by atoms with E-state index < -0.39 is 9.76 Å². The van der Waals surface area contributed by atoms with Crippen LogP contribution in [0.3, 0.4) is 0 Å². The van der Waals surface area contributed by atoms with Gasteiger partial charge in [-0.3, -0.25) is 0 Å². The van der Waals surface area contributed by atoms with Gasteiger partial charge in [-0.1, -0.05) is 26.8 Å². The molecule has 1 aromatic carbocycles. The van der Waals surface area contributed by atoms with Crippen LogP contribution in [-0.2, 0) is 0 Å². The molecule has 0 atom stereocenters. The third-order valence-electron chi connectivity index (χ3n) is 2.13. The Kier molecular flexibility index (Phi) is 3.37. The summed E-state index contributed by atoms with van der Waals surface area (Å²) in [6, 6.07) is 7.13. The van der Waals surface area contributed by atoms with Crippen molar-refractivity contribution in [1.82, 2.24) is 0 Å². The Morgan fingerprint density at radius 2 is 1.93 bits per heavy atom. The first-order valence-electron chi connectivity index (χ1n) is 5.01. The topological polar surface area (TPSA) is 9.23 Å². The summed E-state index contributed by atoms with van der Waals surface area (Å²) in [5.41, 5.74) is 2.41. The van der Waals surface area contributed by atoms with Gasteiger partial charge in [0, 0.05) is 0 Å². The molecule has 0 fully saturated rings. The molecule has 0 aromatic heterocycles. The van der Waals surface area contributed by atoms with Crippen LogP contribution < -0.4 is 4.43 Å². The Labute approximate surface area is 89.4 Å². The maximum absolute atomic E-state index is 5.90. The van der Waals surface area contributed by atoms with Crippen LogP contribution in [0, 0.1) is 19.9 Å². The first-order valence-corrected chi connectivity index (χ1v) is 6.29. The van der Waals surface area contributed by atoms with E-state index in [0.717, 1.165) is 5.75 Å². The predicted octanol–water partition coefficient (Wildman–Crippen LogP) is 2.78. The monoisotopic (exact) mass is 207 g/mol.